The summed E-state index contributed by atoms with van der Waals surface area (Å²) in [6.07, 6.45) is 1.83. The molecule has 1 aliphatic heterocycles. The second-order valence-corrected chi connectivity index (χ2v) is 5.83. The molecule has 0 aliphatic carbocycles. The highest BCUT2D eigenvalue weighted by molar-refractivity contribution is 7.80. The number of pyridine rings is 1. The molecule has 2 N–H and O–H groups in total. The van der Waals surface area contributed by atoms with Crippen LogP contribution in [0.5, 0.6) is 0 Å². The molecular weight excluding hydrogens is 280 g/mol. The van der Waals surface area contributed by atoms with Crippen molar-refractivity contribution >= 4 is 17.3 Å². The van der Waals surface area contributed by atoms with Gasteiger partial charge in [0.05, 0.1) is 17.8 Å². The standard InChI is InChI=1S/C16H20N4S/c1-4-20-15(12-9-10(2)18-11(12)3)14(19-16(20)21)13-7-5-6-8-17-13/h5-9,14-15,18H,4H2,1-3H3,(H,19,21)/t14-,15+/m1/s1. The quantitative estimate of drug-likeness (QED) is 0.855. The minimum absolute atomic E-state index is 0.0903. The zero-order valence-electron chi connectivity index (χ0n) is 12.6. The number of thiocarbonyl (C=S) groups is 1. The molecule has 1 aliphatic rings. The van der Waals surface area contributed by atoms with Gasteiger partial charge in [-0.1, -0.05) is 6.07 Å². The van der Waals surface area contributed by atoms with Gasteiger partial charge in [0.15, 0.2) is 5.11 Å². The highest BCUT2D eigenvalue weighted by Gasteiger charge is 2.39. The number of aromatic nitrogens is 2. The van der Waals surface area contributed by atoms with Gasteiger partial charge in [0.1, 0.15) is 0 Å². The molecule has 1 fully saturated rings. The fourth-order valence-electron chi connectivity index (χ4n) is 3.14. The van der Waals surface area contributed by atoms with Crippen LogP contribution in [-0.4, -0.2) is 26.5 Å². The van der Waals surface area contributed by atoms with Crippen LogP contribution in [0.1, 0.15) is 41.7 Å². The van der Waals surface area contributed by atoms with Crippen LogP contribution >= 0.6 is 12.2 Å². The molecule has 0 aromatic carbocycles. The maximum atomic E-state index is 5.52. The molecule has 2 aromatic rings. The van der Waals surface area contributed by atoms with E-state index in [1.165, 1.54) is 17.0 Å². The van der Waals surface area contributed by atoms with Gasteiger partial charge >= 0.3 is 0 Å². The van der Waals surface area contributed by atoms with Gasteiger partial charge in [-0.15, -0.1) is 0 Å². The molecule has 0 unspecified atom stereocenters. The number of likely N-dealkylation sites (N-methyl/N-ethyl adjacent to an activating group) is 1. The zero-order chi connectivity index (χ0) is 15.0. The zero-order valence-corrected chi connectivity index (χ0v) is 13.4. The predicted octanol–water partition coefficient (Wildman–Crippen LogP) is 3.02. The topological polar surface area (TPSA) is 44.0 Å². The Balaban J connectivity index is 2.07. The van der Waals surface area contributed by atoms with Gasteiger partial charge in [-0.05, 0) is 56.8 Å². The van der Waals surface area contributed by atoms with Crippen molar-refractivity contribution in [3.63, 3.8) is 0 Å². The summed E-state index contributed by atoms with van der Waals surface area (Å²) >= 11 is 5.52. The summed E-state index contributed by atoms with van der Waals surface area (Å²) in [7, 11) is 0. The highest BCUT2D eigenvalue weighted by atomic mass is 32.1. The lowest BCUT2D eigenvalue weighted by atomic mass is 9.97. The number of H-pyrrole nitrogens is 1. The monoisotopic (exact) mass is 300 g/mol. The molecule has 0 saturated carbocycles. The van der Waals surface area contributed by atoms with Crippen molar-refractivity contribution in [1.29, 1.82) is 0 Å². The fourth-order valence-corrected chi connectivity index (χ4v) is 3.51. The molecular formula is C16H20N4S. The van der Waals surface area contributed by atoms with E-state index in [1.54, 1.807) is 0 Å². The number of nitrogens with zero attached hydrogens (tertiary/aromatic N) is 2. The number of hydrogen-bond acceptors (Lipinski definition) is 2. The van der Waals surface area contributed by atoms with E-state index in [1.807, 2.05) is 18.3 Å². The molecule has 3 heterocycles. The third-order valence-corrected chi connectivity index (χ3v) is 4.40. The molecule has 5 heteroatoms. The molecule has 110 valence electrons. The second kappa shape index (κ2) is 5.48. The van der Waals surface area contributed by atoms with Crippen molar-refractivity contribution in [3.05, 3.63) is 53.1 Å². The number of rotatable bonds is 3. The van der Waals surface area contributed by atoms with Crippen LogP contribution in [0.15, 0.2) is 30.5 Å². The largest absolute Gasteiger partial charge is 0.362 e. The van der Waals surface area contributed by atoms with Crippen LogP contribution in [0.3, 0.4) is 0 Å². The molecule has 0 spiro atoms. The Morgan fingerprint density at radius 1 is 1.33 bits per heavy atom. The fraction of sp³-hybridized carbons (Fsp3) is 0.375. The minimum atomic E-state index is 0.0903. The maximum Gasteiger partial charge on any atom is 0.170 e. The highest BCUT2D eigenvalue weighted by Crippen LogP contribution is 2.39. The van der Waals surface area contributed by atoms with Crippen molar-refractivity contribution in [1.82, 2.24) is 20.2 Å². The van der Waals surface area contributed by atoms with Gasteiger partial charge in [0.25, 0.3) is 0 Å². The Kier molecular flexibility index (Phi) is 3.68. The van der Waals surface area contributed by atoms with E-state index >= 15 is 0 Å². The second-order valence-electron chi connectivity index (χ2n) is 5.45. The summed E-state index contributed by atoms with van der Waals surface area (Å²) in [6, 6.07) is 8.51. The Morgan fingerprint density at radius 3 is 2.71 bits per heavy atom. The molecule has 0 amide bonds. The molecule has 2 aromatic heterocycles. The van der Waals surface area contributed by atoms with Gasteiger partial charge < -0.3 is 15.2 Å². The number of nitrogens with one attached hydrogen (secondary N) is 2. The maximum absolute atomic E-state index is 5.52. The predicted molar refractivity (Wildman–Crippen MR) is 88.1 cm³/mol. The first-order valence-corrected chi connectivity index (χ1v) is 7.66. The van der Waals surface area contributed by atoms with Crippen molar-refractivity contribution < 1.29 is 0 Å². The van der Waals surface area contributed by atoms with Gasteiger partial charge in [-0.3, -0.25) is 4.98 Å². The van der Waals surface area contributed by atoms with E-state index in [9.17, 15) is 0 Å². The van der Waals surface area contributed by atoms with E-state index in [2.05, 4.69) is 53.1 Å². The number of aromatic amines is 1. The van der Waals surface area contributed by atoms with E-state index in [0.29, 0.717) is 0 Å². The number of hydrogen-bond donors (Lipinski definition) is 2. The summed E-state index contributed by atoms with van der Waals surface area (Å²) < 4.78 is 0. The van der Waals surface area contributed by atoms with Crippen LogP contribution in [-0.2, 0) is 0 Å². The van der Waals surface area contributed by atoms with Gasteiger partial charge in [0, 0.05) is 24.1 Å². The third kappa shape index (κ3) is 2.42. The Hall–Kier alpha value is -1.88. The van der Waals surface area contributed by atoms with Crippen LogP contribution in [0.25, 0.3) is 0 Å². The van der Waals surface area contributed by atoms with Crippen molar-refractivity contribution in [3.8, 4) is 0 Å². The first-order chi connectivity index (χ1) is 10.1. The molecule has 21 heavy (non-hydrogen) atoms. The lowest BCUT2D eigenvalue weighted by Gasteiger charge is -2.26. The third-order valence-electron chi connectivity index (χ3n) is 4.05. The van der Waals surface area contributed by atoms with E-state index in [4.69, 9.17) is 12.2 Å². The summed E-state index contributed by atoms with van der Waals surface area (Å²) in [5, 5.41) is 4.24. The average molecular weight is 300 g/mol. The van der Waals surface area contributed by atoms with E-state index in [0.717, 1.165) is 17.4 Å². The lowest BCUT2D eigenvalue weighted by Crippen LogP contribution is -2.29. The van der Waals surface area contributed by atoms with E-state index in [-0.39, 0.29) is 12.1 Å². The normalized spacial score (nSPS) is 21.7. The van der Waals surface area contributed by atoms with Gasteiger partial charge in [0.2, 0.25) is 0 Å². The first kappa shape index (κ1) is 14.1. The summed E-state index contributed by atoms with van der Waals surface area (Å²) in [6.45, 7) is 7.22. The van der Waals surface area contributed by atoms with E-state index < -0.39 is 0 Å². The molecule has 3 rings (SSSR count). The Bertz CT molecular complexity index is 650. The van der Waals surface area contributed by atoms with Crippen LogP contribution in [0.2, 0.25) is 0 Å². The molecule has 0 radical (unpaired) electrons. The summed E-state index contributed by atoms with van der Waals surface area (Å²) in [5.41, 5.74) is 4.69. The lowest BCUT2D eigenvalue weighted by molar-refractivity contribution is 0.330. The van der Waals surface area contributed by atoms with Crippen molar-refractivity contribution in [2.45, 2.75) is 32.9 Å². The summed E-state index contributed by atoms with van der Waals surface area (Å²) in [5.74, 6) is 0. The molecule has 2 atom stereocenters. The van der Waals surface area contributed by atoms with Crippen LogP contribution in [0.4, 0.5) is 0 Å². The first-order valence-electron chi connectivity index (χ1n) is 7.26. The van der Waals surface area contributed by atoms with Crippen LogP contribution in [0, 0.1) is 13.8 Å². The molecule has 1 saturated heterocycles. The smallest absolute Gasteiger partial charge is 0.170 e. The van der Waals surface area contributed by atoms with Crippen LogP contribution < -0.4 is 5.32 Å². The Morgan fingerprint density at radius 2 is 2.14 bits per heavy atom. The SMILES string of the molecule is CCN1C(=S)N[C@H](c2ccccn2)[C@@H]1c1cc(C)[nH]c1C. The average Bonchev–Trinajstić information content (AvgIpc) is 2.98. The van der Waals surface area contributed by atoms with Gasteiger partial charge in [-0.25, -0.2) is 0 Å². The summed E-state index contributed by atoms with van der Waals surface area (Å²) in [4.78, 5) is 10.2. The minimum Gasteiger partial charge on any atom is -0.362 e. The number of aryl methyl sites for hydroxylation is 2. The molecule has 0 bridgehead atoms. The Labute approximate surface area is 130 Å². The van der Waals surface area contributed by atoms with Crippen molar-refractivity contribution in [2.24, 2.45) is 0 Å². The molecule has 4 nitrogen and oxygen atoms in total. The van der Waals surface area contributed by atoms with Gasteiger partial charge in [-0.2, -0.15) is 0 Å². The van der Waals surface area contributed by atoms with Crippen molar-refractivity contribution in [2.75, 3.05) is 6.54 Å².